The first-order valence-electron chi connectivity index (χ1n) is 5.18. The van der Waals surface area contributed by atoms with Gasteiger partial charge in [-0.05, 0) is 17.7 Å². The number of carbonyl (C=O) groups excluding carboxylic acids is 1. The summed E-state index contributed by atoms with van der Waals surface area (Å²) >= 11 is 5.55. The first-order valence-corrected chi connectivity index (χ1v) is 5.56. The molecule has 0 bridgehead atoms. The second-order valence-electron chi connectivity index (χ2n) is 4.00. The van der Waals surface area contributed by atoms with Crippen LogP contribution in [0.25, 0.3) is 0 Å². The Morgan fingerprint density at radius 3 is 2.75 bits per heavy atom. The van der Waals surface area contributed by atoms with Crippen LogP contribution in [-0.4, -0.2) is 18.4 Å². The maximum atomic E-state index is 13.1. The van der Waals surface area contributed by atoms with Crippen LogP contribution in [0.3, 0.4) is 0 Å². The molecule has 4 heteroatoms. The lowest BCUT2D eigenvalue weighted by Crippen LogP contribution is -2.29. The predicted molar refractivity (Wildman–Crippen MR) is 63.3 cm³/mol. The first kappa shape index (κ1) is 13.1. The fourth-order valence-corrected chi connectivity index (χ4v) is 1.38. The van der Waals surface area contributed by atoms with E-state index >= 15 is 0 Å². The number of carbonyl (C=O) groups is 1. The van der Waals surface area contributed by atoms with Crippen molar-refractivity contribution in [3.8, 4) is 0 Å². The van der Waals surface area contributed by atoms with Crippen LogP contribution in [0.5, 0.6) is 0 Å². The zero-order valence-corrected chi connectivity index (χ0v) is 10.1. The van der Waals surface area contributed by atoms with E-state index in [9.17, 15) is 9.18 Å². The number of Topliss-reactive ketones (excluding diaryl/α,β-unsaturated/α-hetero) is 1. The largest absolute Gasteiger partial charge is 0.308 e. The van der Waals surface area contributed by atoms with Gasteiger partial charge in [-0.2, -0.15) is 0 Å². The van der Waals surface area contributed by atoms with Gasteiger partial charge in [0.25, 0.3) is 0 Å². The molecule has 16 heavy (non-hydrogen) atoms. The molecule has 0 radical (unpaired) electrons. The van der Waals surface area contributed by atoms with Crippen molar-refractivity contribution in [3.63, 3.8) is 0 Å². The van der Waals surface area contributed by atoms with Crippen molar-refractivity contribution in [3.05, 3.63) is 34.6 Å². The van der Waals surface area contributed by atoms with Crippen molar-refractivity contribution in [2.45, 2.75) is 26.3 Å². The minimum absolute atomic E-state index is 0.0374. The molecule has 0 saturated carbocycles. The summed E-state index contributed by atoms with van der Waals surface area (Å²) in [7, 11) is 0. The third-order valence-electron chi connectivity index (χ3n) is 2.09. The van der Waals surface area contributed by atoms with E-state index in [0.29, 0.717) is 12.1 Å². The smallest absolute Gasteiger partial charge is 0.150 e. The SMILES string of the molecule is CC(C)NCC(=O)Cc1ccc(Cl)c(F)c1. The number of hydrogen-bond donors (Lipinski definition) is 1. The molecule has 0 saturated heterocycles. The van der Waals surface area contributed by atoms with Crippen molar-refractivity contribution in [1.29, 1.82) is 0 Å². The van der Waals surface area contributed by atoms with Gasteiger partial charge in [0, 0.05) is 12.5 Å². The van der Waals surface area contributed by atoms with Gasteiger partial charge in [-0.15, -0.1) is 0 Å². The molecule has 1 aromatic rings. The minimum Gasteiger partial charge on any atom is -0.308 e. The van der Waals surface area contributed by atoms with Crippen molar-refractivity contribution in [1.82, 2.24) is 5.32 Å². The molecule has 0 unspecified atom stereocenters. The second-order valence-corrected chi connectivity index (χ2v) is 4.41. The van der Waals surface area contributed by atoms with Gasteiger partial charge in [0.15, 0.2) is 5.78 Å². The Morgan fingerprint density at radius 2 is 2.19 bits per heavy atom. The third kappa shape index (κ3) is 4.29. The van der Waals surface area contributed by atoms with E-state index in [-0.39, 0.29) is 23.3 Å². The molecule has 1 N–H and O–H groups in total. The van der Waals surface area contributed by atoms with E-state index in [1.807, 2.05) is 13.8 Å². The van der Waals surface area contributed by atoms with Gasteiger partial charge < -0.3 is 5.32 Å². The van der Waals surface area contributed by atoms with Crippen molar-refractivity contribution < 1.29 is 9.18 Å². The summed E-state index contributed by atoms with van der Waals surface area (Å²) in [5, 5.41) is 3.10. The Bertz CT molecular complexity index is 379. The lowest BCUT2D eigenvalue weighted by atomic mass is 10.1. The van der Waals surface area contributed by atoms with E-state index < -0.39 is 5.82 Å². The highest BCUT2D eigenvalue weighted by molar-refractivity contribution is 6.30. The molecule has 0 aliphatic heterocycles. The van der Waals surface area contributed by atoms with Crippen molar-refractivity contribution in [2.24, 2.45) is 0 Å². The molecular weight excluding hydrogens is 229 g/mol. The zero-order chi connectivity index (χ0) is 12.1. The monoisotopic (exact) mass is 243 g/mol. The maximum Gasteiger partial charge on any atom is 0.150 e. The summed E-state index contributed by atoms with van der Waals surface area (Å²) in [4.78, 5) is 11.5. The topological polar surface area (TPSA) is 29.1 Å². The van der Waals surface area contributed by atoms with Crippen LogP contribution in [0.15, 0.2) is 18.2 Å². The number of nitrogens with one attached hydrogen (secondary N) is 1. The minimum atomic E-state index is -0.483. The molecule has 0 fully saturated rings. The standard InChI is InChI=1S/C12H15ClFNO/c1-8(2)15-7-10(16)5-9-3-4-11(13)12(14)6-9/h3-4,6,8,15H,5,7H2,1-2H3. The van der Waals surface area contributed by atoms with Gasteiger partial charge in [-0.1, -0.05) is 31.5 Å². The summed E-state index contributed by atoms with van der Waals surface area (Å²) in [5.41, 5.74) is 0.650. The molecular formula is C12H15ClFNO. The van der Waals surface area contributed by atoms with E-state index in [1.165, 1.54) is 12.1 Å². The average Bonchev–Trinajstić information content (AvgIpc) is 2.21. The molecule has 2 nitrogen and oxygen atoms in total. The van der Waals surface area contributed by atoms with Gasteiger partial charge in [-0.25, -0.2) is 4.39 Å². The highest BCUT2D eigenvalue weighted by atomic mass is 35.5. The molecule has 1 aromatic carbocycles. The van der Waals surface area contributed by atoms with Crippen LogP contribution in [0.4, 0.5) is 4.39 Å². The molecule has 0 atom stereocenters. The van der Waals surface area contributed by atoms with Gasteiger partial charge >= 0.3 is 0 Å². The molecule has 0 aliphatic rings. The predicted octanol–water partition coefficient (Wildman–Crippen LogP) is 2.59. The van der Waals surface area contributed by atoms with Gasteiger partial charge in [0.1, 0.15) is 5.82 Å². The maximum absolute atomic E-state index is 13.1. The quantitative estimate of drug-likeness (QED) is 0.861. The van der Waals surface area contributed by atoms with Gasteiger partial charge in [0.05, 0.1) is 11.6 Å². The summed E-state index contributed by atoms with van der Waals surface area (Å²) < 4.78 is 13.1. The first-order chi connectivity index (χ1) is 7.49. The fourth-order valence-electron chi connectivity index (χ4n) is 1.26. The molecule has 0 amide bonds. The number of hydrogen-bond acceptors (Lipinski definition) is 2. The highest BCUT2D eigenvalue weighted by Crippen LogP contribution is 2.15. The number of halogens is 2. The molecule has 0 aromatic heterocycles. The van der Waals surface area contributed by atoms with Crippen LogP contribution in [0.1, 0.15) is 19.4 Å². The third-order valence-corrected chi connectivity index (χ3v) is 2.40. The van der Waals surface area contributed by atoms with E-state index in [1.54, 1.807) is 6.07 Å². The van der Waals surface area contributed by atoms with Crippen molar-refractivity contribution >= 4 is 17.4 Å². The highest BCUT2D eigenvalue weighted by Gasteiger charge is 2.06. The van der Waals surface area contributed by atoms with Crippen LogP contribution in [-0.2, 0) is 11.2 Å². The number of ketones is 1. The lowest BCUT2D eigenvalue weighted by molar-refractivity contribution is -0.117. The van der Waals surface area contributed by atoms with Crippen LogP contribution < -0.4 is 5.32 Å². The molecule has 0 spiro atoms. The average molecular weight is 244 g/mol. The summed E-state index contributed by atoms with van der Waals surface area (Å²) in [6, 6.07) is 4.70. The van der Waals surface area contributed by atoms with Crippen LogP contribution in [0, 0.1) is 5.82 Å². The summed E-state index contributed by atoms with van der Waals surface area (Å²) in [6.07, 6.45) is 0.230. The van der Waals surface area contributed by atoms with Gasteiger partial charge in [0.2, 0.25) is 0 Å². The Morgan fingerprint density at radius 1 is 1.50 bits per heavy atom. The number of benzene rings is 1. The Labute approximate surface area is 99.8 Å². The molecule has 0 heterocycles. The Kier molecular flexibility index (Phi) is 4.90. The van der Waals surface area contributed by atoms with E-state index in [4.69, 9.17) is 11.6 Å². The Balaban J connectivity index is 2.53. The second kappa shape index (κ2) is 5.97. The normalized spacial score (nSPS) is 10.8. The molecule has 1 rings (SSSR count). The van der Waals surface area contributed by atoms with Crippen molar-refractivity contribution in [2.75, 3.05) is 6.54 Å². The fraction of sp³-hybridized carbons (Fsp3) is 0.417. The zero-order valence-electron chi connectivity index (χ0n) is 9.39. The number of rotatable bonds is 5. The summed E-state index contributed by atoms with van der Waals surface area (Å²) in [5.74, 6) is -0.445. The van der Waals surface area contributed by atoms with Crippen LogP contribution >= 0.6 is 11.6 Å². The summed E-state index contributed by atoms with van der Waals surface area (Å²) in [6.45, 7) is 4.24. The van der Waals surface area contributed by atoms with Gasteiger partial charge in [-0.3, -0.25) is 4.79 Å². The van der Waals surface area contributed by atoms with E-state index in [0.717, 1.165) is 0 Å². The Hall–Kier alpha value is -0.930. The lowest BCUT2D eigenvalue weighted by Gasteiger charge is -2.07. The van der Waals surface area contributed by atoms with E-state index in [2.05, 4.69) is 5.32 Å². The molecule has 88 valence electrons. The van der Waals surface area contributed by atoms with Crippen LogP contribution in [0.2, 0.25) is 5.02 Å². The molecule has 0 aliphatic carbocycles.